The fourth-order valence-electron chi connectivity index (χ4n) is 3.33. The number of anilines is 1. The van der Waals surface area contributed by atoms with Crippen molar-refractivity contribution in [2.45, 2.75) is 52.0 Å². The molecule has 0 saturated heterocycles. The number of hydrogen-bond donors (Lipinski definition) is 2. The molecule has 0 spiro atoms. The van der Waals surface area contributed by atoms with Crippen LogP contribution in [0, 0.1) is 0 Å². The van der Waals surface area contributed by atoms with Crippen molar-refractivity contribution in [1.82, 2.24) is 5.32 Å². The van der Waals surface area contributed by atoms with Gasteiger partial charge in [0.15, 0.2) is 6.61 Å². The standard InChI is InChI=1S/C23H28N2O3/c1-3-16(2)24-23(27)20-10-6-7-11-21(20)25-22(26)15-28-19-13-12-17-8-4-5-9-18(17)14-19/h6-7,10-14,16H,3-5,8-9,15H2,1-2H3,(H,24,27)(H,25,26)/t16-/m1/s1. The molecule has 2 aromatic carbocycles. The number of carbonyl (C=O) groups excluding carboxylic acids is 2. The Labute approximate surface area is 166 Å². The third kappa shape index (κ3) is 5.12. The van der Waals surface area contributed by atoms with Crippen molar-refractivity contribution in [3.05, 3.63) is 59.2 Å². The third-order valence-electron chi connectivity index (χ3n) is 5.13. The van der Waals surface area contributed by atoms with Gasteiger partial charge in [-0.2, -0.15) is 0 Å². The number of benzene rings is 2. The van der Waals surface area contributed by atoms with Gasteiger partial charge in [0.2, 0.25) is 0 Å². The fourth-order valence-corrected chi connectivity index (χ4v) is 3.33. The molecule has 3 rings (SSSR count). The molecule has 0 fully saturated rings. The summed E-state index contributed by atoms with van der Waals surface area (Å²) in [5, 5.41) is 5.72. The zero-order valence-electron chi connectivity index (χ0n) is 16.6. The van der Waals surface area contributed by atoms with Gasteiger partial charge in [-0.15, -0.1) is 0 Å². The second kappa shape index (κ2) is 9.40. The second-order valence-electron chi connectivity index (χ2n) is 7.30. The van der Waals surface area contributed by atoms with Crippen LogP contribution < -0.4 is 15.4 Å². The minimum absolute atomic E-state index is 0.0728. The van der Waals surface area contributed by atoms with E-state index in [1.54, 1.807) is 24.3 Å². The number of fused-ring (bicyclic) bond motifs is 1. The smallest absolute Gasteiger partial charge is 0.262 e. The lowest BCUT2D eigenvalue weighted by atomic mass is 9.92. The normalized spacial score (nSPS) is 13.9. The van der Waals surface area contributed by atoms with Crippen molar-refractivity contribution in [1.29, 1.82) is 0 Å². The maximum Gasteiger partial charge on any atom is 0.262 e. The minimum Gasteiger partial charge on any atom is -0.484 e. The third-order valence-corrected chi connectivity index (χ3v) is 5.13. The van der Waals surface area contributed by atoms with E-state index in [0.717, 1.165) is 19.3 Å². The van der Waals surface area contributed by atoms with Crippen LogP contribution in [-0.2, 0) is 17.6 Å². The van der Waals surface area contributed by atoms with Crippen molar-refractivity contribution in [2.24, 2.45) is 0 Å². The Morgan fingerprint density at radius 3 is 2.61 bits per heavy atom. The van der Waals surface area contributed by atoms with Gasteiger partial charge in [0.25, 0.3) is 11.8 Å². The first kappa shape index (κ1) is 19.9. The summed E-state index contributed by atoms with van der Waals surface area (Å²) in [5.74, 6) is 0.223. The van der Waals surface area contributed by atoms with E-state index in [9.17, 15) is 9.59 Å². The largest absolute Gasteiger partial charge is 0.484 e. The van der Waals surface area contributed by atoms with Gasteiger partial charge >= 0.3 is 0 Å². The van der Waals surface area contributed by atoms with Crippen LogP contribution in [0.25, 0.3) is 0 Å². The van der Waals surface area contributed by atoms with E-state index < -0.39 is 0 Å². The van der Waals surface area contributed by atoms with Crippen LogP contribution in [0.15, 0.2) is 42.5 Å². The highest BCUT2D eigenvalue weighted by Crippen LogP contribution is 2.25. The molecular weight excluding hydrogens is 352 g/mol. The molecule has 1 aliphatic carbocycles. The van der Waals surface area contributed by atoms with Crippen molar-refractivity contribution in [3.63, 3.8) is 0 Å². The summed E-state index contributed by atoms with van der Waals surface area (Å²) < 4.78 is 5.68. The lowest BCUT2D eigenvalue weighted by Gasteiger charge is -2.17. The van der Waals surface area contributed by atoms with Crippen LogP contribution in [0.3, 0.4) is 0 Å². The number of hydrogen-bond acceptors (Lipinski definition) is 3. The first-order valence-electron chi connectivity index (χ1n) is 10.0. The quantitative estimate of drug-likeness (QED) is 0.760. The summed E-state index contributed by atoms with van der Waals surface area (Å²) in [5.41, 5.74) is 3.63. The SMILES string of the molecule is CC[C@@H](C)NC(=O)c1ccccc1NC(=O)COc1ccc2c(c1)CCCC2. The van der Waals surface area contributed by atoms with E-state index in [4.69, 9.17) is 4.74 Å². The number of ether oxygens (including phenoxy) is 1. The minimum atomic E-state index is -0.290. The highest BCUT2D eigenvalue weighted by atomic mass is 16.5. The van der Waals surface area contributed by atoms with E-state index >= 15 is 0 Å². The maximum absolute atomic E-state index is 12.4. The number of aryl methyl sites for hydroxylation is 2. The monoisotopic (exact) mass is 380 g/mol. The number of carbonyl (C=O) groups is 2. The molecule has 1 aliphatic rings. The molecule has 5 heteroatoms. The summed E-state index contributed by atoms with van der Waals surface area (Å²) in [4.78, 5) is 24.8. The average molecular weight is 380 g/mol. The van der Waals surface area contributed by atoms with Gasteiger partial charge in [-0.05, 0) is 74.4 Å². The average Bonchev–Trinajstić information content (AvgIpc) is 2.72. The lowest BCUT2D eigenvalue weighted by molar-refractivity contribution is -0.118. The Kier molecular flexibility index (Phi) is 6.69. The van der Waals surface area contributed by atoms with Crippen LogP contribution >= 0.6 is 0 Å². The first-order chi connectivity index (χ1) is 13.6. The number of amides is 2. The molecule has 0 bridgehead atoms. The Balaban J connectivity index is 1.60. The van der Waals surface area contributed by atoms with Crippen LogP contribution in [-0.4, -0.2) is 24.5 Å². The number of rotatable bonds is 7. The maximum atomic E-state index is 12.4. The summed E-state index contributed by atoms with van der Waals surface area (Å²) in [6.45, 7) is 3.86. The van der Waals surface area contributed by atoms with Gasteiger partial charge in [0, 0.05) is 6.04 Å². The van der Waals surface area contributed by atoms with Gasteiger partial charge in [0.1, 0.15) is 5.75 Å². The van der Waals surface area contributed by atoms with Crippen LogP contribution in [0.1, 0.15) is 54.6 Å². The molecule has 0 heterocycles. The molecule has 0 aromatic heterocycles. The number of para-hydroxylation sites is 1. The molecular formula is C23H28N2O3. The fraction of sp³-hybridized carbons (Fsp3) is 0.391. The molecule has 148 valence electrons. The Bertz CT molecular complexity index is 847. The van der Waals surface area contributed by atoms with Crippen molar-refractivity contribution in [2.75, 3.05) is 11.9 Å². The summed E-state index contributed by atoms with van der Waals surface area (Å²) in [7, 11) is 0. The van der Waals surface area contributed by atoms with Crippen LogP contribution in [0.4, 0.5) is 5.69 Å². The van der Waals surface area contributed by atoms with E-state index in [0.29, 0.717) is 17.0 Å². The Hall–Kier alpha value is -2.82. The van der Waals surface area contributed by atoms with E-state index in [1.165, 1.54) is 24.0 Å². The van der Waals surface area contributed by atoms with Crippen molar-refractivity contribution >= 4 is 17.5 Å². The van der Waals surface area contributed by atoms with E-state index in [-0.39, 0.29) is 24.5 Å². The molecule has 0 saturated carbocycles. The molecule has 0 radical (unpaired) electrons. The van der Waals surface area contributed by atoms with Gasteiger partial charge in [-0.1, -0.05) is 25.1 Å². The van der Waals surface area contributed by atoms with Crippen molar-refractivity contribution < 1.29 is 14.3 Å². The highest BCUT2D eigenvalue weighted by Gasteiger charge is 2.15. The van der Waals surface area contributed by atoms with Gasteiger partial charge < -0.3 is 15.4 Å². The molecule has 1 atom stereocenters. The predicted molar refractivity (Wildman–Crippen MR) is 111 cm³/mol. The molecule has 0 unspecified atom stereocenters. The Morgan fingerprint density at radius 1 is 1.07 bits per heavy atom. The van der Waals surface area contributed by atoms with Gasteiger partial charge in [0.05, 0.1) is 11.3 Å². The van der Waals surface area contributed by atoms with Gasteiger partial charge in [-0.25, -0.2) is 0 Å². The van der Waals surface area contributed by atoms with Crippen molar-refractivity contribution in [3.8, 4) is 5.75 Å². The molecule has 2 aromatic rings. The molecule has 2 N–H and O–H groups in total. The summed E-state index contributed by atoms with van der Waals surface area (Å²) in [6, 6.07) is 13.1. The van der Waals surface area contributed by atoms with Crippen LogP contribution in [0.5, 0.6) is 5.75 Å². The van der Waals surface area contributed by atoms with E-state index in [1.807, 2.05) is 26.0 Å². The molecule has 2 amide bonds. The zero-order valence-corrected chi connectivity index (χ0v) is 16.6. The Morgan fingerprint density at radius 2 is 1.82 bits per heavy atom. The summed E-state index contributed by atoms with van der Waals surface area (Å²) >= 11 is 0. The topological polar surface area (TPSA) is 67.4 Å². The molecule has 0 aliphatic heterocycles. The lowest BCUT2D eigenvalue weighted by Crippen LogP contribution is -2.33. The van der Waals surface area contributed by atoms with Gasteiger partial charge in [-0.3, -0.25) is 9.59 Å². The van der Waals surface area contributed by atoms with E-state index in [2.05, 4.69) is 16.7 Å². The predicted octanol–water partition coefficient (Wildman–Crippen LogP) is 4.11. The summed E-state index contributed by atoms with van der Waals surface area (Å²) in [6.07, 6.45) is 5.46. The number of nitrogens with one attached hydrogen (secondary N) is 2. The molecule has 28 heavy (non-hydrogen) atoms. The second-order valence-corrected chi connectivity index (χ2v) is 7.30. The first-order valence-corrected chi connectivity index (χ1v) is 10.0. The van der Waals surface area contributed by atoms with Crippen LogP contribution in [0.2, 0.25) is 0 Å². The highest BCUT2D eigenvalue weighted by molar-refractivity contribution is 6.04. The molecule has 5 nitrogen and oxygen atoms in total. The zero-order chi connectivity index (χ0) is 19.9.